The monoisotopic (exact) mass is 360 g/mol. The summed E-state index contributed by atoms with van der Waals surface area (Å²) in [5.41, 5.74) is 1.08. The number of benzene rings is 1. The molecular formula is C18H21ClN4O2. The molecule has 1 saturated heterocycles. The first kappa shape index (κ1) is 17.5. The third kappa shape index (κ3) is 4.84. The van der Waals surface area contributed by atoms with E-state index in [1.54, 1.807) is 12.1 Å². The van der Waals surface area contributed by atoms with Gasteiger partial charge in [0.15, 0.2) is 0 Å². The molecule has 1 fully saturated rings. The summed E-state index contributed by atoms with van der Waals surface area (Å²) in [7, 11) is 0. The Bertz CT molecular complexity index is 706. The van der Waals surface area contributed by atoms with Crippen molar-refractivity contribution < 1.29 is 9.90 Å². The number of hydrogen-bond donors (Lipinski definition) is 3. The molecule has 0 radical (unpaired) electrons. The maximum Gasteiger partial charge on any atom is 0.240 e. The normalized spacial score (nSPS) is 17.1. The van der Waals surface area contributed by atoms with Gasteiger partial charge in [0.2, 0.25) is 5.91 Å². The molecule has 1 aliphatic heterocycles. The van der Waals surface area contributed by atoms with Crippen LogP contribution in [0.4, 0.5) is 5.82 Å². The largest absolute Gasteiger partial charge is 0.506 e. The minimum atomic E-state index is -0.137. The van der Waals surface area contributed by atoms with Gasteiger partial charge in [-0.2, -0.15) is 0 Å². The smallest absolute Gasteiger partial charge is 0.240 e. The van der Waals surface area contributed by atoms with E-state index in [-0.39, 0.29) is 17.7 Å². The summed E-state index contributed by atoms with van der Waals surface area (Å²) in [4.78, 5) is 18.4. The van der Waals surface area contributed by atoms with Gasteiger partial charge in [0.1, 0.15) is 11.6 Å². The highest BCUT2D eigenvalue weighted by atomic mass is 35.5. The molecule has 1 aromatic heterocycles. The molecule has 3 rings (SSSR count). The molecule has 0 unspecified atom stereocenters. The maximum atomic E-state index is 12.5. The molecule has 132 valence electrons. The molecule has 7 heteroatoms. The summed E-state index contributed by atoms with van der Waals surface area (Å²) in [5.74, 6) is 0.973. The number of anilines is 1. The number of likely N-dealkylation sites (tertiary alicyclic amines) is 1. The summed E-state index contributed by atoms with van der Waals surface area (Å²) in [5, 5.41) is 16.3. The average molecular weight is 361 g/mol. The van der Waals surface area contributed by atoms with Crippen molar-refractivity contribution >= 4 is 23.3 Å². The highest BCUT2D eigenvalue weighted by Crippen LogP contribution is 2.17. The van der Waals surface area contributed by atoms with Crippen LogP contribution in [0.2, 0.25) is 5.02 Å². The molecule has 25 heavy (non-hydrogen) atoms. The second kappa shape index (κ2) is 8.18. The zero-order chi connectivity index (χ0) is 17.6. The lowest BCUT2D eigenvalue weighted by molar-refractivity contribution is -0.129. The quantitative estimate of drug-likeness (QED) is 0.660. The standard InChI is InChI=1S/C18H21ClN4O2/c19-14-3-1-13(2-4-14)12-23-10-7-16(18(23)25)20-8-9-21-17-6-5-15(24)11-22-17/h1-6,11,16,20,24H,7-10,12H2,(H,21,22)/t16-/m0/s1. The van der Waals surface area contributed by atoms with Gasteiger partial charge < -0.3 is 20.6 Å². The average Bonchev–Trinajstić information content (AvgIpc) is 2.95. The molecule has 1 aliphatic rings. The van der Waals surface area contributed by atoms with E-state index in [0.717, 1.165) is 18.5 Å². The number of nitrogens with zero attached hydrogens (tertiary/aromatic N) is 2. The molecule has 3 N–H and O–H groups in total. The van der Waals surface area contributed by atoms with Gasteiger partial charge in [0, 0.05) is 31.2 Å². The van der Waals surface area contributed by atoms with Crippen LogP contribution in [0.1, 0.15) is 12.0 Å². The third-order valence-corrected chi connectivity index (χ3v) is 4.41. The minimum absolute atomic E-state index is 0.137. The number of carbonyl (C=O) groups excluding carboxylic acids is 1. The van der Waals surface area contributed by atoms with Crippen LogP contribution in [0, 0.1) is 0 Å². The SMILES string of the molecule is O=C1[C@@H](NCCNc2ccc(O)cn2)CCN1Cc1ccc(Cl)cc1. The summed E-state index contributed by atoms with van der Waals surface area (Å²) >= 11 is 5.89. The Labute approximate surface area is 151 Å². The Morgan fingerprint density at radius 3 is 2.72 bits per heavy atom. The number of aromatic hydroxyl groups is 1. The molecule has 6 nitrogen and oxygen atoms in total. The van der Waals surface area contributed by atoms with E-state index < -0.39 is 0 Å². The van der Waals surface area contributed by atoms with Crippen LogP contribution in [0.15, 0.2) is 42.6 Å². The fourth-order valence-corrected chi connectivity index (χ4v) is 2.95. The van der Waals surface area contributed by atoms with Crippen molar-refractivity contribution in [2.24, 2.45) is 0 Å². The van der Waals surface area contributed by atoms with Crippen LogP contribution < -0.4 is 10.6 Å². The number of carbonyl (C=O) groups is 1. The second-order valence-electron chi connectivity index (χ2n) is 6.01. The summed E-state index contributed by atoms with van der Waals surface area (Å²) in [6.45, 7) is 2.68. The summed E-state index contributed by atoms with van der Waals surface area (Å²) < 4.78 is 0. The van der Waals surface area contributed by atoms with E-state index in [1.165, 1.54) is 6.20 Å². The van der Waals surface area contributed by atoms with Gasteiger partial charge >= 0.3 is 0 Å². The van der Waals surface area contributed by atoms with Crippen molar-refractivity contribution in [3.05, 3.63) is 53.2 Å². The van der Waals surface area contributed by atoms with E-state index in [0.29, 0.717) is 30.5 Å². The molecular weight excluding hydrogens is 340 g/mol. The van der Waals surface area contributed by atoms with E-state index in [2.05, 4.69) is 15.6 Å². The number of aromatic nitrogens is 1. The van der Waals surface area contributed by atoms with Crippen molar-refractivity contribution in [2.75, 3.05) is 25.0 Å². The van der Waals surface area contributed by atoms with Crippen molar-refractivity contribution in [3.63, 3.8) is 0 Å². The number of rotatable bonds is 7. The van der Waals surface area contributed by atoms with Crippen LogP contribution in [-0.2, 0) is 11.3 Å². The zero-order valence-electron chi connectivity index (χ0n) is 13.8. The number of nitrogens with one attached hydrogen (secondary N) is 2. The Hall–Kier alpha value is -2.31. The lowest BCUT2D eigenvalue weighted by Gasteiger charge is -2.17. The fourth-order valence-electron chi connectivity index (χ4n) is 2.82. The maximum absolute atomic E-state index is 12.5. The first-order valence-electron chi connectivity index (χ1n) is 8.27. The molecule has 0 saturated carbocycles. The van der Waals surface area contributed by atoms with Gasteiger partial charge in [-0.25, -0.2) is 4.98 Å². The first-order chi connectivity index (χ1) is 12.1. The third-order valence-electron chi connectivity index (χ3n) is 4.15. The van der Waals surface area contributed by atoms with Crippen molar-refractivity contribution in [1.29, 1.82) is 0 Å². The number of pyridine rings is 1. The fraction of sp³-hybridized carbons (Fsp3) is 0.333. The number of halogens is 1. The second-order valence-corrected chi connectivity index (χ2v) is 6.45. The molecule has 2 aromatic rings. The van der Waals surface area contributed by atoms with E-state index >= 15 is 0 Å². The molecule has 1 atom stereocenters. The molecule has 0 aliphatic carbocycles. The minimum Gasteiger partial charge on any atom is -0.506 e. The molecule has 0 bridgehead atoms. The molecule has 1 aromatic carbocycles. The van der Waals surface area contributed by atoms with Gasteiger partial charge in [-0.3, -0.25) is 4.79 Å². The van der Waals surface area contributed by atoms with Crippen molar-refractivity contribution in [3.8, 4) is 5.75 Å². The number of amides is 1. The molecule has 0 spiro atoms. The van der Waals surface area contributed by atoms with Crippen LogP contribution in [0.5, 0.6) is 5.75 Å². The lowest BCUT2D eigenvalue weighted by Crippen LogP contribution is -2.40. The van der Waals surface area contributed by atoms with Gasteiger partial charge in [0.05, 0.1) is 12.2 Å². The summed E-state index contributed by atoms with van der Waals surface area (Å²) in [6, 6.07) is 10.7. The van der Waals surface area contributed by atoms with Gasteiger partial charge in [-0.15, -0.1) is 0 Å². The van der Waals surface area contributed by atoms with Crippen LogP contribution in [0.25, 0.3) is 0 Å². The van der Waals surface area contributed by atoms with Crippen LogP contribution in [-0.4, -0.2) is 46.6 Å². The van der Waals surface area contributed by atoms with Gasteiger partial charge in [-0.05, 0) is 36.2 Å². The van der Waals surface area contributed by atoms with Gasteiger partial charge in [-0.1, -0.05) is 23.7 Å². The van der Waals surface area contributed by atoms with Gasteiger partial charge in [0.25, 0.3) is 0 Å². The molecule has 1 amide bonds. The lowest BCUT2D eigenvalue weighted by atomic mass is 10.2. The van der Waals surface area contributed by atoms with E-state index in [4.69, 9.17) is 11.6 Å². The zero-order valence-corrected chi connectivity index (χ0v) is 14.5. The highest BCUT2D eigenvalue weighted by Gasteiger charge is 2.30. The van der Waals surface area contributed by atoms with Crippen molar-refractivity contribution in [1.82, 2.24) is 15.2 Å². The molecule has 2 heterocycles. The highest BCUT2D eigenvalue weighted by molar-refractivity contribution is 6.30. The van der Waals surface area contributed by atoms with E-state index in [1.807, 2.05) is 29.2 Å². The Morgan fingerprint density at radius 2 is 2.00 bits per heavy atom. The van der Waals surface area contributed by atoms with Crippen molar-refractivity contribution in [2.45, 2.75) is 19.0 Å². The first-order valence-corrected chi connectivity index (χ1v) is 8.65. The predicted molar refractivity (Wildman–Crippen MR) is 97.7 cm³/mol. The van der Waals surface area contributed by atoms with E-state index in [9.17, 15) is 9.90 Å². The Kier molecular flexibility index (Phi) is 5.73. The Balaban J connectivity index is 1.41. The number of hydrogen-bond acceptors (Lipinski definition) is 5. The van der Waals surface area contributed by atoms with Crippen LogP contribution in [0.3, 0.4) is 0 Å². The topological polar surface area (TPSA) is 77.5 Å². The van der Waals surface area contributed by atoms with Crippen LogP contribution >= 0.6 is 11.6 Å². The Morgan fingerprint density at radius 1 is 1.20 bits per heavy atom. The summed E-state index contributed by atoms with van der Waals surface area (Å²) in [6.07, 6.45) is 2.20. The predicted octanol–water partition coefficient (Wildman–Crippen LogP) is 2.24.